The molecular weight excluding hydrogens is 594 g/mol. The molecule has 36 heavy (non-hydrogen) atoms. The first-order valence-corrected chi connectivity index (χ1v) is 12.5. The molecule has 5 atom stereocenters. The van der Waals surface area contributed by atoms with Crippen LogP contribution >= 0.6 is 23.5 Å². The molecule has 7 N–H and O–H groups in total. The number of H-pyrrole nitrogens is 2. The van der Waals surface area contributed by atoms with Gasteiger partial charge in [0.15, 0.2) is 11.7 Å². The van der Waals surface area contributed by atoms with E-state index in [4.69, 9.17) is 19.6 Å². The number of nitrogens with zero attached hydrogens (tertiary/aromatic N) is 2. The van der Waals surface area contributed by atoms with Crippen LogP contribution in [0.25, 0.3) is 11.2 Å². The molecule has 188 valence electrons. The number of nitrogens with one attached hydrogen (secondary N) is 2. The molecular formula is C10H14N4Na3O16P3. The van der Waals surface area contributed by atoms with Gasteiger partial charge in [0, 0.05) is 0 Å². The molecule has 0 amide bonds. The van der Waals surface area contributed by atoms with Crippen molar-refractivity contribution in [2.75, 3.05) is 6.61 Å². The van der Waals surface area contributed by atoms with Crippen molar-refractivity contribution in [3.8, 4) is 0 Å². The third-order valence-corrected chi connectivity index (χ3v) is 6.92. The first-order chi connectivity index (χ1) is 14.9. The van der Waals surface area contributed by atoms with Gasteiger partial charge in [0.05, 0.1) is 20.8 Å². The Kier molecular flexibility index (Phi) is 16.9. The zero-order valence-corrected chi connectivity index (χ0v) is 27.2. The number of ether oxygens (including phenoxy) is 1. The van der Waals surface area contributed by atoms with Crippen molar-refractivity contribution in [1.29, 1.82) is 0 Å². The van der Waals surface area contributed by atoms with E-state index in [1.54, 1.807) is 0 Å². The van der Waals surface area contributed by atoms with Crippen LogP contribution in [-0.2, 0) is 27.1 Å². The van der Waals surface area contributed by atoms with E-state index in [-0.39, 0.29) is 99.8 Å². The average molecular weight is 608 g/mol. The largest absolute Gasteiger partial charge is 1.00 e. The second kappa shape index (κ2) is 15.4. The van der Waals surface area contributed by atoms with Gasteiger partial charge in [-0.25, -0.2) is 18.7 Å². The number of hydrogen-bond acceptors (Lipinski definition) is 15. The Bertz CT molecular complexity index is 1230. The van der Waals surface area contributed by atoms with Gasteiger partial charge in [-0.2, -0.15) is 0 Å². The van der Waals surface area contributed by atoms with Gasteiger partial charge in [-0.05, 0) is 0 Å². The van der Waals surface area contributed by atoms with Crippen molar-refractivity contribution < 1.29 is 156 Å². The third kappa shape index (κ3) is 11.5. The standard InChI is InChI=1S/C10H12N4O6.3Na.H5O10P3/c15-1-3-5(16)6(17)9(20-3)14-2-11-4-7(14)12-10(19)13-8(4)18;;;;1-11(2,3)9-13(7,8)10-12(4,5)6/h2-3,5-6,9,15-17H,1H2,(H2,12,13,18,19);;;;(H,7,8)(H2,1,2,3)(H2,4,5,6)/q;3*+1;/p-3/t3-,5-,6-,9-;;;;/m1..../s1. The van der Waals surface area contributed by atoms with Gasteiger partial charge in [-0.3, -0.25) is 28.2 Å². The maximum absolute atomic E-state index is 11.6. The summed E-state index contributed by atoms with van der Waals surface area (Å²) in [6.07, 6.45) is -3.43. The zero-order chi connectivity index (χ0) is 25.4. The number of phosphoric acid groups is 3. The van der Waals surface area contributed by atoms with Crippen LogP contribution in [0.15, 0.2) is 15.9 Å². The summed E-state index contributed by atoms with van der Waals surface area (Å²) in [6, 6.07) is 0. The van der Waals surface area contributed by atoms with E-state index in [9.17, 15) is 48.2 Å². The summed E-state index contributed by atoms with van der Waals surface area (Å²) in [6.45, 7) is -0.474. The van der Waals surface area contributed by atoms with Crippen LogP contribution in [-0.4, -0.2) is 69.5 Å². The molecule has 0 bridgehead atoms. The summed E-state index contributed by atoms with van der Waals surface area (Å²) < 4.78 is 41.9. The molecule has 0 aliphatic carbocycles. The minimum absolute atomic E-state index is 0. The van der Waals surface area contributed by atoms with Crippen molar-refractivity contribution in [3.63, 3.8) is 0 Å². The van der Waals surface area contributed by atoms with Gasteiger partial charge in [0.1, 0.15) is 24.0 Å². The summed E-state index contributed by atoms with van der Waals surface area (Å²) in [7, 11) is -17.2. The fraction of sp³-hybridized carbons (Fsp3) is 0.500. The number of imidazole rings is 1. The van der Waals surface area contributed by atoms with Gasteiger partial charge in [0.2, 0.25) is 0 Å². The van der Waals surface area contributed by atoms with Crippen molar-refractivity contribution in [2.45, 2.75) is 24.5 Å². The normalized spacial score (nSPS) is 23.3. The van der Waals surface area contributed by atoms with Gasteiger partial charge in [0.25, 0.3) is 13.4 Å². The van der Waals surface area contributed by atoms with Crippen LogP contribution < -0.4 is 115 Å². The molecule has 0 spiro atoms. The Morgan fingerprint density at radius 2 is 1.58 bits per heavy atom. The topological polar surface area (TPSA) is 333 Å². The van der Waals surface area contributed by atoms with Crippen molar-refractivity contribution >= 4 is 34.6 Å². The zero-order valence-electron chi connectivity index (χ0n) is 18.6. The van der Waals surface area contributed by atoms with E-state index in [0.29, 0.717) is 0 Å². The average Bonchev–Trinajstić information content (AvgIpc) is 3.13. The Balaban J connectivity index is 0. The smallest absolute Gasteiger partial charge is 0.790 e. The van der Waals surface area contributed by atoms with Crippen molar-refractivity contribution in [3.05, 3.63) is 27.2 Å². The van der Waals surface area contributed by atoms with Crippen LogP contribution in [0, 0.1) is 0 Å². The van der Waals surface area contributed by atoms with Crippen LogP contribution in [0.2, 0.25) is 0 Å². The molecule has 1 saturated heterocycles. The number of aromatic amines is 2. The quantitative estimate of drug-likeness (QED) is 0.118. The molecule has 0 aromatic carbocycles. The second-order valence-corrected chi connectivity index (χ2v) is 10.1. The monoisotopic (exact) mass is 608 g/mol. The fourth-order valence-electron chi connectivity index (χ4n) is 2.52. The summed E-state index contributed by atoms with van der Waals surface area (Å²) in [5, 5.41) is 28.7. The number of aromatic nitrogens is 4. The molecule has 26 heteroatoms. The van der Waals surface area contributed by atoms with Crippen molar-refractivity contribution in [2.24, 2.45) is 0 Å². The molecule has 1 unspecified atom stereocenters. The second-order valence-electron chi connectivity index (χ2n) is 6.03. The summed E-state index contributed by atoms with van der Waals surface area (Å²) in [5.74, 6) is 0. The van der Waals surface area contributed by atoms with Gasteiger partial charge >= 0.3 is 102 Å². The number of rotatable bonds is 6. The van der Waals surface area contributed by atoms with E-state index >= 15 is 0 Å². The van der Waals surface area contributed by atoms with E-state index in [2.05, 4.69) is 18.6 Å². The number of fused-ring (bicyclic) bond motifs is 1. The van der Waals surface area contributed by atoms with E-state index in [1.807, 2.05) is 4.98 Å². The minimum atomic E-state index is -5.92. The Morgan fingerprint density at radius 3 is 2.03 bits per heavy atom. The molecule has 20 nitrogen and oxygen atoms in total. The van der Waals surface area contributed by atoms with Crippen LogP contribution in [0.5, 0.6) is 0 Å². The number of aliphatic hydroxyl groups excluding tert-OH is 3. The SMILES string of the molecule is O=P([O-])([O-])OP(=O)([O-])OP(=O)(O)O.O=c1[nH]c(=O)c2ncn([C@@H]3O[C@H](CO)[C@@H](O)[C@H]3O)c2[nH]1.[Na+].[Na+].[Na+]. The third-order valence-electron chi connectivity index (χ3n) is 3.67. The molecule has 2 aromatic rings. The van der Waals surface area contributed by atoms with Crippen LogP contribution in [0.4, 0.5) is 0 Å². The minimum Gasteiger partial charge on any atom is -0.790 e. The van der Waals surface area contributed by atoms with Crippen LogP contribution in [0.1, 0.15) is 6.23 Å². The van der Waals surface area contributed by atoms with Gasteiger partial charge in [-0.1, -0.05) is 0 Å². The predicted molar refractivity (Wildman–Crippen MR) is 93.4 cm³/mol. The van der Waals surface area contributed by atoms with Crippen LogP contribution in [0.3, 0.4) is 0 Å². The first kappa shape index (κ1) is 39.5. The summed E-state index contributed by atoms with van der Waals surface area (Å²) in [4.78, 5) is 76.4. The molecule has 1 fully saturated rings. The number of hydrogen-bond donors (Lipinski definition) is 7. The fourth-order valence-corrected chi connectivity index (χ4v) is 4.93. The molecule has 3 rings (SSSR count). The molecule has 1 aliphatic heterocycles. The Hall–Kier alpha value is 1.40. The van der Waals surface area contributed by atoms with Crippen molar-refractivity contribution in [1.82, 2.24) is 19.5 Å². The van der Waals surface area contributed by atoms with Gasteiger partial charge < -0.3 is 49.1 Å². The molecule has 0 saturated carbocycles. The molecule has 2 aromatic heterocycles. The number of aliphatic hydroxyl groups is 3. The molecule has 1 aliphatic rings. The summed E-state index contributed by atoms with van der Waals surface area (Å²) in [5.41, 5.74) is -1.36. The maximum atomic E-state index is 11.6. The first-order valence-electron chi connectivity index (χ1n) is 8.07. The molecule has 0 radical (unpaired) electrons. The van der Waals surface area contributed by atoms with Gasteiger partial charge in [-0.15, -0.1) is 0 Å². The maximum Gasteiger partial charge on any atom is 1.00 e. The Labute approximate surface area is 265 Å². The molecule has 3 heterocycles. The van der Waals surface area contributed by atoms with E-state index in [1.165, 1.54) is 10.9 Å². The predicted octanol–water partition coefficient (Wildman–Crippen LogP) is -14.6. The Morgan fingerprint density at radius 1 is 1.03 bits per heavy atom. The van der Waals surface area contributed by atoms with E-state index in [0.717, 1.165) is 0 Å². The van der Waals surface area contributed by atoms with E-state index < -0.39 is 65.9 Å². The summed E-state index contributed by atoms with van der Waals surface area (Å²) >= 11 is 0.